The lowest BCUT2D eigenvalue weighted by atomic mass is 9.85. The van der Waals surface area contributed by atoms with Crippen LogP contribution in [0.3, 0.4) is 0 Å². The summed E-state index contributed by atoms with van der Waals surface area (Å²) in [5.41, 5.74) is 0.901. The Balaban J connectivity index is 2.23. The maximum atomic E-state index is 6.05. The van der Waals surface area contributed by atoms with E-state index >= 15 is 0 Å². The Kier molecular flexibility index (Phi) is 8.53. The van der Waals surface area contributed by atoms with Crippen molar-refractivity contribution in [2.75, 3.05) is 14.2 Å². The van der Waals surface area contributed by atoms with E-state index in [2.05, 4.69) is 38.1 Å². The largest absolute Gasteiger partial charge is 0.348 e. The molecule has 0 saturated heterocycles. The van der Waals surface area contributed by atoms with Gasteiger partial charge in [0.2, 0.25) is 5.79 Å². The van der Waals surface area contributed by atoms with E-state index in [9.17, 15) is 0 Å². The molecule has 0 aliphatic carbocycles. The smallest absolute Gasteiger partial charge is 0.215 e. The molecule has 0 spiro atoms. The number of methoxy groups -OCH3 is 2. The Bertz CT molecular complexity index is 646. The highest BCUT2D eigenvalue weighted by atomic mass is 16.7. The molecule has 1 aromatic carbocycles. The second kappa shape index (κ2) is 10.6. The van der Waals surface area contributed by atoms with Gasteiger partial charge in [-0.25, -0.2) is 0 Å². The van der Waals surface area contributed by atoms with Crippen LogP contribution in [0.2, 0.25) is 0 Å². The second-order valence-corrected chi connectivity index (χ2v) is 7.12. The van der Waals surface area contributed by atoms with Crippen LogP contribution in [-0.4, -0.2) is 19.2 Å². The molecule has 3 heteroatoms. The highest BCUT2D eigenvalue weighted by Crippen LogP contribution is 2.41. The maximum absolute atomic E-state index is 6.05. The van der Waals surface area contributed by atoms with Gasteiger partial charge in [-0.05, 0) is 24.3 Å². The quantitative estimate of drug-likeness (QED) is 0.323. The van der Waals surface area contributed by atoms with Gasteiger partial charge in [0.15, 0.2) is 0 Å². The molecular formula is C23H35NO2. The molecule has 0 fully saturated rings. The summed E-state index contributed by atoms with van der Waals surface area (Å²) in [6.07, 6.45) is 11.8. The van der Waals surface area contributed by atoms with Gasteiger partial charge in [-0.15, -0.1) is 0 Å². The Labute approximate surface area is 159 Å². The first-order valence-corrected chi connectivity index (χ1v) is 10.2. The van der Waals surface area contributed by atoms with Gasteiger partial charge in [0.1, 0.15) is 5.69 Å². The zero-order chi connectivity index (χ0) is 18.8. The van der Waals surface area contributed by atoms with Crippen LogP contribution in [0.4, 0.5) is 0 Å². The van der Waals surface area contributed by atoms with Gasteiger partial charge in [-0.1, -0.05) is 76.6 Å². The number of hydrogen-bond donors (Lipinski definition) is 0. The van der Waals surface area contributed by atoms with E-state index in [1.807, 2.05) is 12.3 Å². The van der Waals surface area contributed by atoms with Crippen molar-refractivity contribution in [3.8, 4) is 0 Å². The van der Waals surface area contributed by atoms with Gasteiger partial charge < -0.3 is 9.47 Å². The number of aromatic nitrogens is 1. The molecular weight excluding hydrogens is 322 g/mol. The average Bonchev–Trinajstić information content (AvgIpc) is 2.70. The summed E-state index contributed by atoms with van der Waals surface area (Å²) in [5.74, 6) is -0.513. The number of pyridine rings is 1. The summed E-state index contributed by atoms with van der Waals surface area (Å²) in [6, 6.07) is 10.4. The topological polar surface area (TPSA) is 31.4 Å². The van der Waals surface area contributed by atoms with Gasteiger partial charge in [0.25, 0.3) is 0 Å². The minimum atomic E-state index is -0.793. The molecule has 144 valence electrons. The van der Waals surface area contributed by atoms with Gasteiger partial charge >= 0.3 is 0 Å². The molecule has 1 unspecified atom stereocenters. The van der Waals surface area contributed by atoms with E-state index in [1.165, 1.54) is 43.9 Å². The van der Waals surface area contributed by atoms with Crippen molar-refractivity contribution in [2.24, 2.45) is 5.92 Å². The Hall–Kier alpha value is -1.45. The highest BCUT2D eigenvalue weighted by Gasteiger charge is 2.42. The number of rotatable bonds is 12. The summed E-state index contributed by atoms with van der Waals surface area (Å²) in [4.78, 5) is 4.71. The van der Waals surface area contributed by atoms with Crippen LogP contribution in [-0.2, 0) is 15.3 Å². The third-order valence-corrected chi connectivity index (χ3v) is 5.55. The van der Waals surface area contributed by atoms with E-state index < -0.39 is 5.79 Å². The van der Waals surface area contributed by atoms with E-state index in [1.54, 1.807) is 14.2 Å². The number of fused-ring (bicyclic) bond motifs is 1. The van der Waals surface area contributed by atoms with E-state index in [-0.39, 0.29) is 5.92 Å². The van der Waals surface area contributed by atoms with Crippen molar-refractivity contribution < 1.29 is 9.47 Å². The molecule has 0 saturated carbocycles. The lowest BCUT2D eigenvalue weighted by molar-refractivity contribution is -0.254. The predicted molar refractivity (Wildman–Crippen MR) is 109 cm³/mol. The van der Waals surface area contributed by atoms with Crippen molar-refractivity contribution in [2.45, 2.75) is 71.0 Å². The molecule has 1 aromatic heterocycles. The van der Waals surface area contributed by atoms with Gasteiger partial charge in [-0.3, -0.25) is 4.98 Å². The van der Waals surface area contributed by atoms with E-state index in [4.69, 9.17) is 14.5 Å². The molecule has 0 radical (unpaired) electrons. The van der Waals surface area contributed by atoms with Crippen LogP contribution in [0.15, 0.2) is 36.5 Å². The first kappa shape index (κ1) is 20.9. The maximum Gasteiger partial charge on any atom is 0.215 e. The zero-order valence-corrected chi connectivity index (χ0v) is 17.0. The first-order chi connectivity index (χ1) is 12.7. The predicted octanol–water partition coefficient (Wildman–Crippen LogP) is 6.46. The Morgan fingerprint density at radius 2 is 1.62 bits per heavy atom. The molecule has 0 bridgehead atoms. The summed E-state index contributed by atoms with van der Waals surface area (Å²) >= 11 is 0. The van der Waals surface area contributed by atoms with Crippen LogP contribution in [0.5, 0.6) is 0 Å². The summed E-state index contributed by atoms with van der Waals surface area (Å²) in [5, 5.41) is 2.28. The molecule has 0 aliphatic rings. The Morgan fingerprint density at radius 3 is 2.31 bits per heavy atom. The van der Waals surface area contributed by atoms with Gasteiger partial charge in [-0.2, -0.15) is 0 Å². The third-order valence-electron chi connectivity index (χ3n) is 5.55. The Morgan fingerprint density at radius 1 is 0.923 bits per heavy atom. The van der Waals surface area contributed by atoms with Crippen molar-refractivity contribution in [3.63, 3.8) is 0 Å². The average molecular weight is 358 g/mol. The number of nitrogens with zero attached hydrogens (tertiary/aromatic N) is 1. The summed E-state index contributed by atoms with van der Waals surface area (Å²) in [6.45, 7) is 4.48. The highest BCUT2D eigenvalue weighted by molar-refractivity contribution is 5.84. The van der Waals surface area contributed by atoms with Crippen molar-refractivity contribution in [3.05, 3.63) is 42.2 Å². The normalized spacial score (nSPS) is 13.2. The SMILES string of the molecule is CCCCCCCCC(CC)C(OC)(OC)c1nccc2ccccc12. The van der Waals surface area contributed by atoms with Crippen LogP contribution in [0.25, 0.3) is 10.8 Å². The fourth-order valence-corrected chi connectivity index (χ4v) is 4.03. The van der Waals surface area contributed by atoms with Crippen LogP contribution < -0.4 is 0 Å². The summed E-state index contributed by atoms with van der Waals surface area (Å²) < 4.78 is 12.1. The number of ether oxygens (including phenoxy) is 2. The van der Waals surface area contributed by atoms with Crippen molar-refractivity contribution in [1.82, 2.24) is 4.98 Å². The molecule has 2 rings (SSSR count). The number of hydrogen-bond acceptors (Lipinski definition) is 3. The van der Waals surface area contributed by atoms with Crippen molar-refractivity contribution >= 4 is 10.8 Å². The fraction of sp³-hybridized carbons (Fsp3) is 0.609. The fourth-order valence-electron chi connectivity index (χ4n) is 4.03. The van der Waals surface area contributed by atoms with Gasteiger partial charge in [0, 0.05) is 31.7 Å². The van der Waals surface area contributed by atoms with E-state index in [0.717, 1.165) is 23.9 Å². The van der Waals surface area contributed by atoms with Crippen LogP contribution in [0, 0.1) is 5.92 Å². The van der Waals surface area contributed by atoms with Gasteiger partial charge in [0.05, 0.1) is 0 Å². The summed E-state index contributed by atoms with van der Waals surface area (Å²) in [7, 11) is 3.49. The molecule has 3 nitrogen and oxygen atoms in total. The number of benzene rings is 1. The minimum Gasteiger partial charge on any atom is -0.348 e. The molecule has 1 atom stereocenters. The first-order valence-electron chi connectivity index (χ1n) is 10.2. The number of unbranched alkanes of at least 4 members (excludes halogenated alkanes) is 5. The third kappa shape index (κ3) is 4.63. The van der Waals surface area contributed by atoms with Crippen molar-refractivity contribution in [1.29, 1.82) is 0 Å². The second-order valence-electron chi connectivity index (χ2n) is 7.12. The lowest BCUT2D eigenvalue weighted by Gasteiger charge is -2.38. The monoisotopic (exact) mass is 357 g/mol. The van der Waals surface area contributed by atoms with Crippen LogP contribution in [0.1, 0.15) is 70.9 Å². The molecule has 0 amide bonds. The molecule has 2 aromatic rings. The lowest BCUT2D eigenvalue weighted by Crippen LogP contribution is -2.40. The molecule has 0 aliphatic heterocycles. The zero-order valence-electron chi connectivity index (χ0n) is 17.0. The van der Waals surface area contributed by atoms with Crippen LogP contribution >= 0.6 is 0 Å². The standard InChI is InChI=1S/C23H35NO2/c1-5-7-8-9-10-11-15-20(6-2)23(25-3,26-4)22-21-16-13-12-14-19(21)17-18-24-22/h12-14,16-18,20H,5-11,15H2,1-4H3. The van der Waals surface area contributed by atoms with E-state index in [0.29, 0.717) is 0 Å². The molecule has 0 N–H and O–H groups in total. The molecule has 26 heavy (non-hydrogen) atoms. The minimum absolute atomic E-state index is 0.280. The molecule has 1 heterocycles.